The summed E-state index contributed by atoms with van der Waals surface area (Å²) in [6.45, 7) is 8.27. The molecule has 36 heavy (non-hydrogen) atoms. The molecule has 8 heteroatoms. The van der Waals surface area contributed by atoms with Crippen LogP contribution < -0.4 is 5.32 Å². The van der Waals surface area contributed by atoms with Gasteiger partial charge in [-0.15, -0.1) is 0 Å². The van der Waals surface area contributed by atoms with E-state index in [-0.39, 0.29) is 17.7 Å². The highest BCUT2D eigenvalue weighted by atomic mass is 16.2. The number of rotatable bonds is 8. The second-order valence-corrected chi connectivity index (χ2v) is 9.19. The monoisotopic (exact) mass is 482 g/mol. The molecule has 0 saturated carbocycles. The summed E-state index contributed by atoms with van der Waals surface area (Å²) in [5.41, 5.74) is 6.82. The number of carbonyl (C=O) groups excluding carboxylic acids is 2. The number of nitrogens with zero attached hydrogens (tertiary/aromatic N) is 4. The van der Waals surface area contributed by atoms with E-state index in [0.717, 1.165) is 40.2 Å². The van der Waals surface area contributed by atoms with Crippen LogP contribution in [0.5, 0.6) is 0 Å². The van der Waals surface area contributed by atoms with E-state index >= 15 is 0 Å². The van der Waals surface area contributed by atoms with Crippen LogP contribution in [0, 0.1) is 13.8 Å². The van der Waals surface area contributed by atoms with Gasteiger partial charge in [-0.25, -0.2) is 0 Å². The maximum atomic E-state index is 13.1. The minimum absolute atomic E-state index is 0.0365. The van der Waals surface area contributed by atoms with Crippen molar-refractivity contribution in [2.75, 3.05) is 13.1 Å². The van der Waals surface area contributed by atoms with E-state index in [0.29, 0.717) is 31.0 Å². The average Bonchev–Trinajstić information content (AvgIpc) is 3.58. The molecule has 1 aliphatic heterocycles. The minimum atomic E-state index is -0.232. The number of benzene rings is 2. The van der Waals surface area contributed by atoms with Crippen LogP contribution >= 0.6 is 0 Å². The highest BCUT2D eigenvalue weighted by molar-refractivity contribution is 5.98. The van der Waals surface area contributed by atoms with Gasteiger partial charge in [0.25, 0.3) is 11.8 Å². The summed E-state index contributed by atoms with van der Waals surface area (Å²) in [4.78, 5) is 27.9. The molecule has 2 amide bonds. The molecule has 1 aliphatic rings. The normalized spacial score (nSPS) is 13.6. The maximum Gasteiger partial charge on any atom is 0.269 e. The van der Waals surface area contributed by atoms with Gasteiger partial charge in [0.15, 0.2) is 0 Å². The van der Waals surface area contributed by atoms with Gasteiger partial charge in [-0.2, -0.15) is 10.2 Å². The molecule has 4 aromatic rings. The Morgan fingerprint density at radius 1 is 1.11 bits per heavy atom. The van der Waals surface area contributed by atoms with Crippen molar-refractivity contribution in [2.24, 2.45) is 0 Å². The van der Waals surface area contributed by atoms with Gasteiger partial charge in [-0.3, -0.25) is 19.4 Å². The van der Waals surface area contributed by atoms with E-state index in [1.807, 2.05) is 85.0 Å². The molecular weight excluding hydrogens is 452 g/mol. The van der Waals surface area contributed by atoms with Gasteiger partial charge >= 0.3 is 0 Å². The zero-order valence-corrected chi connectivity index (χ0v) is 20.8. The van der Waals surface area contributed by atoms with Gasteiger partial charge in [-0.05, 0) is 44.0 Å². The second kappa shape index (κ2) is 9.81. The van der Waals surface area contributed by atoms with Crippen molar-refractivity contribution in [1.82, 2.24) is 30.2 Å². The fraction of sp³-hybridized carbons (Fsp3) is 0.286. The third-order valence-electron chi connectivity index (χ3n) is 6.88. The van der Waals surface area contributed by atoms with Gasteiger partial charge < -0.3 is 10.2 Å². The molecule has 0 spiro atoms. The van der Waals surface area contributed by atoms with Gasteiger partial charge in [0, 0.05) is 48.9 Å². The topological polar surface area (TPSA) is 95.9 Å². The van der Waals surface area contributed by atoms with E-state index in [4.69, 9.17) is 0 Å². The Morgan fingerprint density at radius 3 is 2.58 bits per heavy atom. The van der Waals surface area contributed by atoms with Crippen molar-refractivity contribution in [3.05, 3.63) is 94.4 Å². The summed E-state index contributed by atoms with van der Waals surface area (Å²) in [5, 5.41) is 14.9. The summed E-state index contributed by atoms with van der Waals surface area (Å²) >= 11 is 0. The summed E-state index contributed by atoms with van der Waals surface area (Å²) in [7, 11) is 0. The largest absolute Gasteiger partial charge is 0.350 e. The highest BCUT2D eigenvalue weighted by Crippen LogP contribution is 2.27. The molecule has 0 radical (unpaired) electrons. The predicted octanol–water partition coefficient (Wildman–Crippen LogP) is 4.08. The van der Waals surface area contributed by atoms with Crippen LogP contribution in [0.3, 0.4) is 0 Å². The quantitative estimate of drug-likeness (QED) is 0.396. The van der Waals surface area contributed by atoms with Crippen molar-refractivity contribution in [1.29, 1.82) is 0 Å². The first-order valence-electron chi connectivity index (χ1n) is 12.3. The molecule has 0 fully saturated rings. The van der Waals surface area contributed by atoms with Crippen LogP contribution in [0.2, 0.25) is 0 Å². The second-order valence-electron chi connectivity index (χ2n) is 9.19. The number of fused-ring (bicyclic) bond motifs is 1. The molecule has 0 aliphatic carbocycles. The zero-order valence-electron chi connectivity index (χ0n) is 20.8. The van der Waals surface area contributed by atoms with Gasteiger partial charge in [0.2, 0.25) is 0 Å². The number of hydrogen-bond donors (Lipinski definition) is 2. The Kier molecular flexibility index (Phi) is 6.41. The third kappa shape index (κ3) is 4.42. The van der Waals surface area contributed by atoms with E-state index in [1.165, 1.54) is 0 Å². The van der Waals surface area contributed by atoms with E-state index in [2.05, 4.69) is 20.6 Å². The van der Waals surface area contributed by atoms with E-state index in [1.54, 1.807) is 6.07 Å². The highest BCUT2D eigenvalue weighted by Gasteiger charge is 2.29. The van der Waals surface area contributed by atoms with Crippen LogP contribution in [0.4, 0.5) is 0 Å². The van der Waals surface area contributed by atoms with Crippen molar-refractivity contribution in [2.45, 2.75) is 39.8 Å². The maximum absolute atomic E-state index is 13.1. The lowest BCUT2D eigenvalue weighted by Gasteiger charge is -2.24. The molecular formula is C28H30N6O2. The zero-order chi connectivity index (χ0) is 25.2. The van der Waals surface area contributed by atoms with Crippen LogP contribution in [-0.4, -0.2) is 49.8 Å². The lowest BCUT2D eigenvalue weighted by atomic mass is 9.98. The number of aromatic amines is 1. The first-order chi connectivity index (χ1) is 17.5. The van der Waals surface area contributed by atoms with E-state index < -0.39 is 0 Å². The number of nitrogens with one attached hydrogen (secondary N) is 2. The predicted molar refractivity (Wildman–Crippen MR) is 138 cm³/mol. The molecule has 1 unspecified atom stereocenters. The van der Waals surface area contributed by atoms with Crippen molar-refractivity contribution in [3.8, 4) is 11.3 Å². The van der Waals surface area contributed by atoms with Crippen LogP contribution in [0.1, 0.15) is 56.2 Å². The molecule has 3 heterocycles. The molecule has 0 saturated heterocycles. The number of aryl methyl sites for hydroxylation is 2. The molecule has 5 rings (SSSR count). The summed E-state index contributed by atoms with van der Waals surface area (Å²) in [6.07, 6.45) is 0. The number of carbonyl (C=O) groups is 2. The molecule has 184 valence electrons. The minimum Gasteiger partial charge on any atom is -0.350 e. The molecule has 1 atom stereocenters. The summed E-state index contributed by atoms with van der Waals surface area (Å²) in [5.74, 6) is -0.249. The molecule has 0 bridgehead atoms. The van der Waals surface area contributed by atoms with Crippen molar-refractivity contribution >= 4 is 11.8 Å². The molecule has 8 nitrogen and oxygen atoms in total. The van der Waals surface area contributed by atoms with Crippen molar-refractivity contribution < 1.29 is 9.59 Å². The van der Waals surface area contributed by atoms with Gasteiger partial charge in [0.1, 0.15) is 5.69 Å². The SMILES string of the molecule is CCn1nc(C)c(-c2cc(C(=O)NCC(CN3Cc4ccccc4C3=O)c3ccccc3)[nH]n2)c1C. The lowest BCUT2D eigenvalue weighted by Crippen LogP contribution is -2.36. The number of aromatic nitrogens is 4. The lowest BCUT2D eigenvalue weighted by molar-refractivity contribution is 0.0767. The summed E-state index contributed by atoms with van der Waals surface area (Å²) in [6, 6.07) is 19.5. The van der Waals surface area contributed by atoms with Crippen LogP contribution in [-0.2, 0) is 13.1 Å². The Hall–Kier alpha value is -4.20. The Labute approximate surface area is 210 Å². The standard InChI is InChI=1S/C28H30N6O2/c1-4-34-19(3)26(18(2)32-34)24-14-25(31-30-24)27(35)29-15-22(20-10-6-5-7-11-20)17-33-16-21-12-8-9-13-23(21)28(33)36/h5-14,22H,4,15-17H2,1-3H3,(H,29,35)(H,30,31). The molecule has 2 aromatic heterocycles. The summed E-state index contributed by atoms with van der Waals surface area (Å²) < 4.78 is 1.93. The van der Waals surface area contributed by atoms with Crippen molar-refractivity contribution in [3.63, 3.8) is 0 Å². The number of H-pyrrole nitrogens is 1. The Morgan fingerprint density at radius 2 is 1.86 bits per heavy atom. The van der Waals surface area contributed by atoms with Crippen LogP contribution in [0.25, 0.3) is 11.3 Å². The van der Waals surface area contributed by atoms with Crippen LogP contribution in [0.15, 0.2) is 60.7 Å². The Bertz CT molecular complexity index is 1400. The fourth-order valence-electron chi connectivity index (χ4n) is 4.99. The van der Waals surface area contributed by atoms with Gasteiger partial charge in [-0.1, -0.05) is 48.5 Å². The molecule has 2 aromatic carbocycles. The first kappa shape index (κ1) is 23.5. The number of hydrogen-bond acceptors (Lipinski definition) is 4. The third-order valence-corrected chi connectivity index (χ3v) is 6.88. The Balaban J connectivity index is 1.30. The van der Waals surface area contributed by atoms with E-state index in [9.17, 15) is 9.59 Å². The number of amides is 2. The fourth-order valence-corrected chi connectivity index (χ4v) is 4.99. The average molecular weight is 483 g/mol. The smallest absolute Gasteiger partial charge is 0.269 e. The molecule has 2 N–H and O–H groups in total. The van der Waals surface area contributed by atoms with Gasteiger partial charge in [0.05, 0.1) is 11.4 Å². The first-order valence-corrected chi connectivity index (χ1v) is 12.3.